The monoisotopic (exact) mass is 230 g/mol. The van der Waals surface area contributed by atoms with E-state index in [2.05, 4.69) is 6.58 Å². The van der Waals surface area contributed by atoms with E-state index in [0.29, 0.717) is 18.4 Å². The van der Waals surface area contributed by atoms with Crippen molar-refractivity contribution in [3.05, 3.63) is 47.5 Å². The lowest BCUT2D eigenvalue weighted by Gasteiger charge is -2.13. The molecule has 88 valence electrons. The van der Waals surface area contributed by atoms with Gasteiger partial charge in [-0.3, -0.25) is 0 Å². The fourth-order valence-electron chi connectivity index (χ4n) is 1.92. The predicted molar refractivity (Wildman–Crippen MR) is 63.7 cm³/mol. The first-order valence-corrected chi connectivity index (χ1v) is 5.56. The number of benzene rings is 1. The van der Waals surface area contributed by atoms with E-state index in [0.717, 1.165) is 11.1 Å². The predicted octanol–water partition coefficient (Wildman–Crippen LogP) is 2.82. The third-order valence-electron chi connectivity index (χ3n) is 2.86. The largest absolute Gasteiger partial charge is 0.449 e. The van der Waals surface area contributed by atoms with Crippen LogP contribution in [0.4, 0.5) is 0 Å². The molecule has 0 radical (unpaired) electrons. The van der Waals surface area contributed by atoms with Crippen LogP contribution < -0.4 is 0 Å². The van der Waals surface area contributed by atoms with Gasteiger partial charge in [0, 0.05) is 12.0 Å². The number of carbonyl (C=O) groups is 2. The minimum absolute atomic E-state index is 0.115. The van der Waals surface area contributed by atoms with Crippen LogP contribution in [0.3, 0.4) is 0 Å². The second-order valence-corrected chi connectivity index (χ2v) is 4.23. The molecule has 0 fully saturated rings. The molecule has 3 heteroatoms. The number of ether oxygens (including phenoxy) is 1. The Labute approximate surface area is 100 Å². The maximum atomic E-state index is 11.6. The summed E-state index contributed by atoms with van der Waals surface area (Å²) in [6.45, 7) is 5.46. The second-order valence-electron chi connectivity index (χ2n) is 4.23. The number of Topliss-reactive ketones (excluding diaryl/α,β-unsaturated/α-hetero) is 1. The zero-order valence-electron chi connectivity index (χ0n) is 9.73. The van der Waals surface area contributed by atoms with Gasteiger partial charge in [0.25, 0.3) is 0 Å². The van der Waals surface area contributed by atoms with Crippen LogP contribution in [-0.4, -0.2) is 11.8 Å². The van der Waals surface area contributed by atoms with Crippen molar-refractivity contribution in [1.29, 1.82) is 0 Å². The van der Waals surface area contributed by atoms with Gasteiger partial charge in [0.2, 0.25) is 0 Å². The van der Waals surface area contributed by atoms with Crippen LogP contribution in [-0.2, 0) is 9.53 Å². The highest BCUT2D eigenvalue weighted by atomic mass is 16.5. The van der Waals surface area contributed by atoms with Gasteiger partial charge in [-0.15, -0.1) is 0 Å². The van der Waals surface area contributed by atoms with Crippen molar-refractivity contribution < 1.29 is 14.3 Å². The molecular formula is C14H14O3. The number of hydrogen-bond donors (Lipinski definition) is 0. The molecule has 0 aromatic heterocycles. The summed E-state index contributed by atoms with van der Waals surface area (Å²) in [6, 6.07) is 7.28. The van der Waals surface area contributed by atoms with Crippen molar-refractivity contribution in [3.8, 4) is 0 Å². The summed E-state index contributed by atoms with van der Waals surface area (Å²) in [6.07, 6.45) is 0.606. The minimum atomic E-state index is -0.391. The summed E-state index contributed by atoms with van der Waals surface area (Å²) >= 11 is 0. The van der Waals surface area contributed by atoms with Gasteiger partial charge < -0.3 is 9.53 Å². The molecule has 2 rings (SSSR count). The Morgan fingerprint density at radius 3 is 2.76 bits per heavy atom. The van der Waals surface area contributed by atoms with Gasteiger partial charge in [-0.2, -0.15) is 0 Å². The van der Waals surface area contributed by atoms with Crippen molar-refractivity contribution in [3.63, 3.8) is 0 Å². The standard InChI is InChI=1S/C14H14O3/c1-9(7-8-10(2)15)13-11-5-3-4-6-12(11)14(16)17-13/h3-6,13H,1,7-8H2,2H3. The van der Waals surface area contributed by atoms with Crippen molar-refractivity contribution >= 4 is 11.8 Å². The molecule has 0 saturated carbocycles. The first kappa shape index (κ1) is 11.6. The van der Waals surface area contributed by atoms with E-state index in [4.69, 9.17) is 4.74 Å². The highest BCUT2D eigenvalue weighted by Crippen LogP contribution is 2.36. The molecular weight excluding hydrogens is 216 g/mol. The van der Waals surface area contributed by atoms with E-state index in [9.17, 15) is 9.59 Å². The van der Waals surface area contributed by atoms with E-state index in [1.54, 1.807) is 19.1 Å². The van der Waals surface area contributed by atoms with Gasteiger partial charge >= 0.3 is 5.97 Å². The number of esters is 1. The Bertz CT molecular complexity index is 488. The summed E-state index contributed by atoms with van der Waals surface area (Å²) < 4.78 is 5.28. The Hall–Kier alpha value is -1.90. The molecule has 0 spiro atoms. The molecule has 0 saturated heterocycles. The third kappa shape index (κ3) is 2.28. The topological polar surface area (TPSA) is 43.4 Å². The Kier molecular flexibility index (Phi) is 3.09. The number of cyclic esters (lactones) is 1. The van der Waals surface area contributed by atoms with Crippen molar-refractivity contribution in [2.45, 2.75) is 25.9 Å². The summed E-state index contributed by atoms with van der Waals surface area (Å²) in [5.41, 5.74) is 2.23. The van der Waals surface area contributed by atoms with Gasteiger partial charge in [-0.05, 0) is 25.0 Å². The normalized spacial score (nSPS) is 17.5. The first-order valence-electron chi connectivity index (χ1n) is 5.56. The van der Waals surface area contributed by atoms with Gasteiger partial charge in [-0.25, -0.2) is 4.79 Å². The van der Waals surface area contributed by atoms with Crippen LogP contribution in [0, 0.1) is 0 Å². The molecule has 3 nitrogen and oxygen atoms in total. The van der Waals surface area contributed by atoms with Gasteiger partial charge in [0.1, 0.15) is 11.9 Å². The molecule has 1 aromatic carbocycles. The van der Waals surface area contributed by atoms with Crippen molar-refractivity contribution in [2.75, 3.05) is 0 Å². The average molecular weight is 230 g/mol. The SMILES string of the molecule is C=C(CCC(C)=O)C1OC(=O)c2ccccc21. The van der Waals surface area contributed by atoms with Crippen LogP contribution in [0.15, 0.2) is 36.4 Å². The Balaban J connectivity index is 2.17. The van der Waals surface area contributed by atoms with Gasteiger partial charge in [-0.1, -0.05) is 24.8 Å². The van der Waals surface area contributed by atoms with E-state index >= 15 is 0 Å². The molecule has 1 atom stereocenters. The molecule has 17 heavy (non-hydrogen) atoms. The Morgan fingerprint density at radius 1 is 1.35 bits per heavy atom. The van der Waals surface area contributed by atoms with Crippen LogP contribution in [0.25, 0.3) is 0 Å². The van der Waals surface area contributed by atoms with E-state index < -0.39 is 6.10 Å². The average Bonchev–Trinajstić information content (AvgIpc) is 2.65. The zero-order chi connectivity index (χ0) is 12.4. The zero-order valence-corrected chi connectivity index (χ0v) is 9.73. The maximum absolute atomic E-state index is 11.6. The number of ketones is 1. The molecule has 1 aromatic rings. The highest BCUT2D eigenvalue weighted by molar-refractivity contribution is 5.94. The summed E-state index contributed by atoms with van der Waals surface area (Å²) in [7, 11) is 0. The third-order valence-corrected chi connectivity index (χ3v) is 2.86. The number of fused-ring (bicyclic) bond motifs is 1. The molecule has 0 N–H and O–H groups in total. The van der Waals surface area contributed by atoms with Crippen molar-refractivity contribution in [2.24, 2.45) is 0 Å². The molecule has 1 unspecified atom stereocenters. The summed E-state index contributed by atoms with van der Waals surface area (Å²) in [5.74, 6) is -0.196. The second kappa shape index (κ2) is 4.53. The molecule has 0 bridgehead atoms. The smallest absolute Gasteiger partial charge is 0.339 e. The van der Waals surface area contributed by atoms with Gasteiger partial charge in [0.15, 0.2) is 0 Å². The number of hydrogen-bond acceptors (Lipinski definition) is 3. The van der Waals surface area contributed by atoms with Crippen LogP contribution in [0.1, 0.15) is 41.8 Å². The van der Waals surface area contributed by atoms with Crippen LogP contribution in [0.5, 0.6) is 0 Å². The molecule has 1 heterocycles. The highest BCUT2D eigenvalue weighted by Gasteiger charge is 2.31. The van der Waals surface area contributed by atoms with Crippen LogP contribution >= 0.6 is 0 Å². The Morgan fingerprint density at radius 2 is 2.06 bits per heavy atom. The minimum Gasteiger partial charge on any atom is -0.449 e. The lowest BCUT2D eigenvalue weighted by Crippen LogP contribution is -2.03. The van der Waals surface area contributed by atoms with Crippen molar-refractivity contribution in [1.82, 2.24) is 0 Å². The molecule has 0 amide bonds. The number of rotatable bonds is 4. The number of carbonyl (C=O) groups excluding carboxylic acids is 2. The molecule has 1 aliphatic rings. The van der Waals surface area contributed by atoms with Crippen LogP contribution in [0.2, 0.25) is 0 Å². The van der Waals surface area contributed by atoms with Gasteiger partial charge in [0.05, 0.1) is 5.56 Å². The molecule has 0 aliphatic carbocycles. The van der Waals surface area contributed by atoms with E-state index in [-0.39, 0.29) is 11.8 Å². The summed E-state index contributed by atoms with van der Waals surface area (Å²) in [4.78, 5) is 22.5. The maximum Gasteiger partial charge on any atom is 0.339 e. The van der Waals surface area contributed by atoms with E-state index in [1.807, 2.05) is 12.1 Å². The molecule has 1 aliphatic heterocycles. The first-order chi connectivity index (χ1) is 8.09. The fourth-order valence-corrected chi connectivity index (χ4v) is 1.92. The lowest BCUT2D eigenvalue weighted by molar-refractivity contribution is -0.117. The fraction of sp³-hybridized carbons (Fsp3) is 0.286. The van der Waals surface area contributed by atoms with E-state index in [1.165, 1.54) is 0 Å². The quantitative estimate of drug-likeness (QED) is 0.590. The summed E-state index contributed by atoms with van der Waals surface area (Å²) in [5, 5.41) is 0. The lowest BCUT2D eigenvalue weighted by atomic mass is 9.97.